The number of esters is 1. The first-order valence-electron chi connectivity index (χ1n) is 10.9. The molecule has 0 fully saturated rings. The first-order chi connectivity index (χ1) is 16.6. The van der Waals surface area contributed by atoms with Crippen LogP contribution in [0.1, 0.15) is 38.7 Å². The van der Waals surface area contributed by atoms with Crippen molar-refractivity contribution in [2.45, 2.75) is 12.3 Å². The van der Waals surface area contributed by atoms with E-state index >= 15 is 0 Å². The molecule has 34 heavy (non-hydrogen) atoms. The average molecular weight is 450 g/mol. The maximum atomic E-state index is 13.1. The van der Waals surface area contributed by atoms with Crippen LogP contribution in [0.15, 0.2) is 90.3 Å². The molecule has 0 saturated carbocycles. The topological polar surface area (TPSA) is 96.4 Å². The molecule has 0 radical (unpaired) electrons. The molecule has 1 aliphatic heterocycles. The van der Waals surface area contributed by atoms with Gasteiger partial charge in [-0.2, -0.15) is 0 Å². The first kappa shape index (κ1) is 21.3. The third-order valence-electron chi connectivity index (χ3n) is 5.78. The average Bonchev–Trinajstić information content (AvgIpc) is 3.50. The third-order valence-corrected chi connectivity index (χ3v) is 5.78. The standard InChI is InChI=1S/C27H22N4O3/c1-34-27(33)19-9-12-22-23(14-19)31-26(32)24(22)25(18-5-3-2-4-6-18)30-20-10-7-17(8-11-20)13-21-15-28-16-29-21/h2-12,14-16,24H,13H2,1H3,(H,28,29)(H,31,32). The smallest absolute Gasteiger partial charge is 0.337 e. The zero-order valence-electron chi connectivity index (χ0n) is 18.5. The van der Waals surface area contributed by atoms with Gasteiger partial charge in [0.2, 0.25) is 5.91 Å². The molecule has 1 unspecified atom stereocenters. The van der Waals surface area contributed by atoms with Crippen LogP contribution in [-0.2, 0) is 16.0 Å². The minimum absolute atomic E-state index is 0.185. The molecule has 1 atom stereocenters. The van der Waals surface area contributed by atoms with Gasteiger partial charge in [-0.1, -0.05) is 48.5 Å². The van der Waals surface area contributed by atoms with Crippen molar-refractivity contribution < 1.29 is 14.3 Å². The van der Waals surface area contributed by atoms with Gasteiger partial charge in [0.25, 0.3) is 0 Å². The quantitative estimate of drug-likeness (QED) is 0.330. The van der Waals surface area contributed by atoms with E-state index < -0.39 is 11.9 Å². The Hall–Kier alpha value is -4.52. The van der Waals surface area contributed by atoms with Crippen LogP contribution in [0, 0.1) is 0 Å². The third kappa shape index (κ3) is 4.23. The Balaban J connectivity index is 1.52. The van der Waals surface area contributed by atoms with E-state index in [4.69, 9.17) is 9.73 Å². The minimum Gasteiger partial charge on any atom is -0.465 e. The Morgan fingerprint density at radius 3 is 2.53 bits per heavy atom. The van der Waals surface area contributed by atoms with E-state index in [1.54, 1.807) is 30.7 Å². The maximum Gasteiger partial charge on any atom is 0.337 e. The second-order valence-corrected chi connectivity index (χ2v) is 8.00. The normalized spacial score (nSPS) is 15.0. The Kier molecular flexibility index (Phi) is 5.74. The van der Waals surface area contributed by atoms with Gasteiger partial charge in [-0.05, 0) is 41.0 Å². The number of aromatic amines is 1. The lowest BCUT2D eigenvalue weighted by Crippen LogP contribution is -2.21. The molecule has 0 spiro atoms. The number of benzene rings is 3. The second kappa shape index (κ2) is 9.15. The molecular weight excluding hydrogens is 428 g/mol. The second-order valence-electron chi connectivity index (χ2n) is 8.00. The van der Waals surface area contributed by atoms with E-state index in [0.717, 1.165) is 34.5 Å². The van der Waals surface area contributed by atoms with Crippen LogP contribution in [0.3, 0.4) is 0 Å². The lowest BCUT2D eigenvalue weighted by molar-refractivity contribution is -0.115. The summed E-state index contributed by atoms with van der Waals surface area (Å²) in [5, 5.41) is 2.90. The molecule has 1 aromatic heterocycles. The van der Waals surface area contributed by atoms with Gasteiger partial charge in [0, 0.05) is 24.0 Å². The number of nitrogens with one attached hydrogen (secondary N) is 2. The number of fused-ring (bicyclic) bond motifs is 1. The number of nitrogens with zero attached hydrogens (tertiary/aromatic N) is 2. The van der Waals surface area contributed by atoms with Crippen molar-refractivity contribution in [3.63, 3.8) is 0 Å². The number of rotatable bonds is 6. The lowest BCUT2D eigenvalue weighted by atomic mass is 9.90. The zero-order valence-corrected chi connectivity index (χ0v) is 18.5. The maximum absolute atomic E-state index is 13.1. The number of imidazole rings is 1. The van der Waals surface area contributed by atoms with Crippen molar-refractivity contribution in [3.05, 3.63) is 113 Å². The molecule has 5 rings (SSSR count). The summed E-state index contributed by atoms with van der Waals surface area (Å²) in [6, 6.07) is 22.7. The van der Waals surface area contributed by atoms with Gasteiger partial charge >= 0.3 is 5.97 Å². The molecule has 0 bridgehead atoms. The summed E-state index contributed by atoms with van der Waals surface area (Å²) >= 11 is 0. The number of aliphatic imine (C=N–C) groups is 1. The van der Waals surface area contributed by atoms with Crippen molar-refractivity contribution in [2.75, 3.05) is 12.4 Å². The van der Waals surface area contributed by atoms with Gasteiger partial charge in [-0.25, -0.2) is 9.78 Å². The fourth-order valence-electron chi connectivity index (χ4n) is 4.11. The summed E-state index contributed by atoms with van der Waals surface area (Å²) in [4.78, 5) is 37.1. The summed E-state index contributed by atoms with van der Waals surface area (Å²) in [6.45, 7) is 0. The van der Waals surface area contributed by atoms with Gasteiger partial charge in [0.1, 0.15) is 5.92 Å². The fourth-order valence-corrected chi connectivity index (χ4v) is 4.11. The number of amides is 1. The molecule has 1 amide bonds. The van der Waals surface area contributed by atoms with Crippen LogP contribution in [0.5, 0.6) is 0 Å². The van der Waals surface area contributed by atoms with Crippen LogP contribution in [0.25, 0.3) is 0 Å². The van der Waals surface area contributed by atoms with Crippen molar-refractivity contribution in [1.82, 2.24) is 9.97 Å². The Labute approximate surface area is 196 Å². The monoisotopic (exact) mass is 450 g/mol. The Morgan fingerprint density at radius 1 is 1.03 bits per heavy atom. The van der Waals surface area contributed by atoms with Gasteiger partial charge in [0.15, 0.2) is 0 Å². The van der Waals surface area contributed by atoms with E-state index in [0.29, 0.717) is 17.0 Å². The van der Waals surface area contributed by atoms with Gasteiger partial charge in [-0.15, -0.1) is 0 Å². The SMILES string of the molecule is COC(=O)c1ccc2c(c1)NC(=O)C2C(=Nc1ccc(Cc2cnc[nH]2)cc1)c1ccccc1. The highest BCUT2D eigenvalue weighted by molar-refractivity contribution is 6.24. The molecule has 2 heterocycles. The van der Waals surface area contributed by atoms with E-state index in [1.165, 1.54) is 7.11 Å². The number of anilines is 1. The van der Waals surface area contributed by atoms with Crippen LogP contribution in [0.2, 0.25) is 0 Å². The summed E-state index contributed by atoms with van der Waals surface area (Å²) in [7, 11) is 1.33. The summed E-state index contributed by atoms with van der Waals surface area (Å²) in [5.74, 6) is -1.24. The Bertz CT molecular complexity index is 1360. The molecule has 2 N–H and O–H groups in total. The minimum atomic E-state index is -0.603. The van der Waals surface area contributed by atoms with Gasteiger partial charge in [-0.3, -0.25) is 9.79 Å². The number of H-pyrrole nitrogens is 1. The molecule has 7 heteroatoms. The lowest BCUT2D eigenvalue weighted by Gasteiger charge is -2.14. The number of carbonyl (C=O) groups is 2. The molecule has 0 saturated heterocycles. The first-order valence-corrected chi connectivity index (χ1v) is 10.9. The van der Waals surface area contributed by atoms with Crippen molar-refractivity contribution >= 4 is 29.0 Å². The largest absolute Gasteiger partial charge is 0.465 e. The predicted octanol–water partition coefficient (Wildman–Crippen LogP) is 4.64. The predicted molar refractivity (Wildman–Crippen MR) is 130 cm³/mol. The molecule has 0 aliphatic carbocycles. The number of methoxy groups -OCH3 is 1. The molecular formula is C27H22N4O3. The van der Waals surface area contributed by atoms with Gasteiger partial charge < -0.3 is 15.0 Å². The van der Waals surface area contributed by atoms with Crippen LogP contribution in [0.4, 0.5) is 11.4 Å². The van der Waals surface area contributed by atoms with Crippen molar-refractivity contribution in [3.8, 4) is 0 Å². The fraction of sp³-hybridized carbons (Fsp3) is 0.111. The van der Waals surface area contributed by atoms with Crippen LogP contribution >= 0.6 is 0 Å². The van der Waals surface area contributed by atoms with Crippen molar-refractivity contribution in [1.29, 1.82) is 0 Å². The summed E-state index contributed by atoms with van der Waals surface area (Å²) < 4.78 is 4.81. The van der Waals surface area contributed by atoms with Crippen LogP contribution in [-0.4, -0.2) is 34.7 Å². The zero-order chi connectivity index (χ0) is 23.5. The number of ether oxygens (including phenoxy) is 1. The molecule has 3 aromatic carbocycles. The van der Waals surface area contributed by atoms with Crippen LogP contribution < -0.4 is 5.32 Å². The molecule has 7 nitrogen and oxygen atoms in total. The highest BCUT2D eigenvalue weighted by Gasteiger charge is 2.35. The van der Waals surface area contributed by atoms with E-state index in [-0.39, 0.29) is 5.91 Å². The van der Waals surface area contributed by atoms with Gasteiger partial charge in [0.05, 0.1) is 30.4 Å². The number of hydrogen-bond donors (Lipinski definition) is 2. The molecule has 168 valence electrons. The van der Waals surface area contributed by atoms with Crippen molar-refractivity contribution in [2.24, 2.45) is 4.99 Å². The summed E-state index contributed by atoms with van der Waals surface area (Å²) in [5.41, 5.74) is 6.16. The highest BCUT2D eigenvalue weighted by atomic mass is 16.5. The number of carbonyl (C=O) groups excluding carboxylic acids is 2. The highest BCUT2D eigenvalue weighted by Crippen LogP contribution is 2.37. The molecule has 1 aliphatic rings. The molecule has 4 aromatic rings. The summed E-state index contributed by atoms with van der Waals surface area (Å²) in [6.07, 6.45) is 4.22. The number of aromatic nitrogens is 2. The number of hydrogen-bond acceptors (Lipinski definition) is 5. The van der Waals surface area contributed by atoms with E-state index in [9.17, 15) is 9.59 Å². The van der Waals surface area contributed by atoms with E-state index in [1.807, 2.05) is 54.6 Å². The Morgan fingerprint density at radius 2 is 1.82 bits per heavy atom. The van der Waals surface area contributed by atoms with E-state index in [2.05, 4.69) is 15.3 Å².